The first-order valence-corrected chi connectivity index (χ1v) is 13.4. The van der Waals surface area contributed by atoms with Crippen molar-refractivity contribution in [2.75, 3.05) is 13.1 Å². The zero-order valence-electron chi connectivity index (χ0n) is 20.1. The lowest BCUT2D eigenvalue weighted by molar-refractivity contribution is -0.121. The van der Waals surface area contributed by atoms with E-state index in [4.69, 9.17) is 0 Å². The van der Waals surface area contributed by atoms with E-state index in [0.29, 0.717) is 11.7 Å². The number of nitrogens with zero attached hydrogens (tertiary/aromatic N) is 4. The fourth-order valence-corrected chi connectivity index (χ4v) is 5.95. The van der Waals surface area contributed by atoms with Gasteiger partial charge in [0.1, 0.15) is 5.82 Å². The summed E-state index contributed by atoms with van der Waals surface area (Å²) in [5, 5.41) is 12.5. The number of fused-ring (bicyclic) bond motifs is 1. The van der Waals surface area contributed by atoms with Crippen molar-refractivity contribution in [3.05, 3.63) is 71.3 Å². The summed E-state index contributed by atoms with van der Waals surface area (Å²) in [6, 6.07) is 14.8. The summed E-state index contributed by atoms with van der Waals surface area (Å²) >= 11 is 1.40. The Morgan fingerprint density at radius 3 is 2.66 bits per heavy atom. The number of thioether (sulfide) groups is 1. The predicted octanol–water partition coefficient (Wildman–Crippen LogP) is 5.07. The van der Waals surface area contributed by atoms with Crippen molar-refractivity contribution in [3.63, 3.8) is 0 Å². The number of halogens is 1. The number of amides is 1. The molecule has 0 bridgehead atoms. The molecule has 1 aliphatic carbocycles. The molecule has 1 fully saturated rings. The molecule has 6 nitrogen and oxygen atoms in total. The van der Waals surface area contributed by atoms with Crippen molar-refractivity contribution in [1.82, 2.24) is 25.0 Å². The van der Waals surface area contributed by atoms with Gasteiger partial charge in [-0.3, -0.25) is 14.3 Å². The van der Waals surface area contributed by atoms with E-state index < -0.39 is 0 Å². The summed E-state index contributed by atoms with van der Waals surface area (Å²) in [6.07, 6.45) is 6.73. The molecule has 2 aromatic carbocycles. The monoisotopic (exact) mass is 493 g/mol. The summed E-state index contributed by atoms with van der Waals surface area (Å²) in [6.45, 7) is 4.67. The van der Waals surface area contributed by atoms with Gasteiger partial charge in [0, 0.05) is 5.69 Å². The Hall–Kier alpha value is -2.71. The second kappa shape index (κ2) is 10.9. The summed E-state index contributed by atoms with van der Waals surface area (Å²) in [4.78, 5) is 15.6. The number of carbonyl (C=O) groups is 1. The number of rotatable bonds is 7. The van der Waals surface area contributed by atoms with E-state index >= 15 is 0 Å². The van der Waals surface area contributed by atoms with E-state index in [1.807, 2.05) is 17.6 Å². The Kier molecular flexibility index (Phi) is 7.48. The minimum Gasteiger partial charge on any atom is -0.348 e. The van der Waals surface area contributed by atoms with Crippen molar-refractivity contribution in [3.8, 4) is 5.69 Å². The predicted molar refractivity (Wildman–Crippen MR) is 136 cm³/mol. The normalized spacial score (nSPS) is 19.2. The fraction of sp³-hybridized carbons (Fsp3) is 0.444. The van der Waals surface area contributed by atoms with Crippen LogP contribution in [-0.2, 0) is 17.8 Å². The molecule has 0 unspecified atom stereocenters. The maximum absolute atomic E-state index is 13.6. The van der Waals surface area contributed by atoms with Crippen LogP contribution in [0.2, 0.25) is 0 Å². The van der Waals surface area contributed by atoms with Crippen LogP contribution in [0.25, 0.3) is 5.69 Å². The van der Waals surface area contributed by atoms with Gasteiger partial charge in [0.15, 0.2) is 11.0 Å². The topological polar surface area (TPSA) is 63.1 Å². The van der Waals surface area contributed by atoms with Crippen LogP contribution in [0.4, 0.5) is 4.39 Å². The van der Waals surface area contributed by atoms with Crippen LogP contribution in [-0.4, -0.2) is 43.9 Å². The van der Waals surface area contributed by atoms with Crippen LogP contribution in [0.5, 0.6) is 0 Å². The molecule has 0 spiro atoms. The molecule has 1 aliphatic heterocycles. The second-order valence-electron chi connectivity index (χ2n) is 9.46. The third-order valence-corrected chi connectivity index (χ3v) is 7.98. The van der Waals surface area contributed by atoms with E-state index in [2.05, 4.69) is 38.6 Å². The van der Waals surface area contributed by atoms with Gasteiger partial charge in [0.25, 0.3) is 0 Å². The van der Waals surface area contributed by atoms with Gasteiger partial charge in [-0.1, -0.05) is 42.4 Å². The Bertz CT molecular complexity index is 1160. The smallest absolute Gasteiger partial charge is 0.233 e. The summed E-state index contributed by atoms with van der Waals surface area (Å²) < 4.78 is 15.6. The van der Waals surface area contributed by atoms with Gasteiger partial charge >= 0.3 is 0 Å². The number of nitrogens with one attached hydrogen (secondary N) is 1. The molecule has 35 heavy (non-hydrogen) atoms. The highest BCUT2D eigenvalue weighted by Crippen LogP contribution is 2.31. The van der Waals surface area contributed by atoms with E-state index in [0.717, 1.165) is 43.9 Å². The summed E-state index contributed by atoms with van der Waals surface area (Å²) in [7, 11) is 0. The van der Waals surface area contributed by atoms with Gasteiger partial charge in [0.05, 0.1) is 17.8 Å². The van der Waals surface area contributed by atoms with E-state index in [1.165, 1.54) is 54.3 Å². The highest BCUT2D eigenvalue weighted by atomic mass is 32.2. The molecule has 2 atom stereocenters. The molecule has 0 radical (unpaired) electrons. The minimum absolute atomic E-state index is 0.0112. The molecule has 8 heteroatoms. The molecule has 1 N–H and O–H groups in total. The average Bonchev–Trinajstić information content (AvgIpc) is 3.27. The largest absolute Gasteiger partial charge is 0.348 e. The van der Waals surface area contributed by atoms with Crippen LogP contribution < -0.4 is 5.32 Å². The van der Waals surface area contributed by atoms with Gasteiger partial charge in [-0.05, 0) is 87.5 Å². The lowest BCUT2D eigenvalue weighted by atomic mass is 9.88. The minimum atomic E-state index is -0.352. The number of aryl methyl sites for hydroxylation is 1. The van der Waals surface area contributed by atoms with Gasteiger partial charge in [-0.25, -0.2) is 4.39 Å². The third kappa shape index (κ3) is 5.59. The van der Waals surface area contributed by atoms with Gasteiger partial charge in [-0.15, -0.1) is 10.2 Å². The Morgan fingerprint density at radius 1 is 1.09 bits per heavy atom. The van der Waals surface area contributed by atoms with E-state index in [9.17, 15) is 9.18 Å². The molecule has 5 rings (SSSR count). The SMILES string of the molecule is C[C@@H](Sc1nnc(CN2CCCCC2)n1-c1ccc(F)cc1)C(=O)N[C@H]1CCCc2ccccc21. The Balaban J connectivity index is 1.34. The lowest BCUT2D eigenvalue weighted by Gasteiger charge is -2.27. The van der Waals surface area contributed by atoms with Crippen molar-refractivity contribution < 1.29 is 9.18 Å². The van der Waals surface area contributed by atoms with Crippen molar-refractivity contribution in [2.24, 2.45) is 0 Å². The highest BCUT2D eigenvalue weighted by Gasteiger charge is 2.26. The second-order valence-corrected chi connectivity index (χ2v) is 10.8. The van der Waals surface area contributed by atoms with Crippen LogP contribution in [0.15, 0.2) is 53.7 Å². The van der Waals surface area contributed by atoms with Crippen molar-refractivity contribution in [1.29, 1.82) is 0 Å². The quantitative estimate of drug-likeness (QED) is 0.466. The van der Waals surface area contributed by atoms with Gasteiger partial charge in [-0.2, -0.15) is 0 Å². The molecular weight excluding hydrogens is 461 g/mol. The zero-order valence-corrected chi connectivity index (χ0v) is 20.9. The number of piperidine rings is 1. The molecule has 2 heterocycles. The van der Waals surface area contributed by atoms with Gasteiger partial charge in [0.2, 0.25) is 5.91 Å². The first kappa shape index (κ1) is 24.0. The zero-order chi connectivity index (χ0) is 24.2. The third-order valence-electron chi connectivity index (χ3n) is 6.94. The standard InChI is InChI=1S/C27H32FN5OS/c1-19(26(34)29-24-11-7-9-20-8-3-4-10-23(20)24)35-27-31-30-25(18-32-16-5-2-6-17-32)33(27)22-14-12-21(28)13-15-22/h3-4,8,10,12-15,19,24H,2,5-7,9,11,16-18H2,1H3,(H,29,34)/t19-,24+/m1/s1. The average molecular weight is 494 g/mol. The molecule has 3 aromatic rings. The molecule has 1 amide bonds. The Labute approximate surface area is 210 Å². The molecular formula is C27H32FN5OS. The van der Waals surface area contributed by atoms with Crippen molar-refractivity contribution in [2.45, 2.75) is 68.4 Å². The number of likely N-dealkylation sites (tertiary alicyclic amines) is 1. The first-order valence-electron chi connectivity index (χ1n) is 12.6. The Morgan fingerprint density at radius 2 is 1.86 bits per heavy atom. The van der Waals surface area contributed by atoms with Crippen molar-refractivity contribution >= 4 is 17.7 Å². The molecule has 184 valence electrons. The number of aromatic nitrogens is 3. The number of hydrogen-bond acceptors (Lipinski definition) is 5. The molecule has 2 aliphatic rings. The van der Waals surface area contributed by atoms with E-state index in [-0.39, 0.29) is 23.0 Å². The van der Waals surface area contributed by atoms with E-state index in [1.54, 1.807) is 12.1 Å². The molecule has 1 saturated heterocycles. The number of carbonyl (C=O) groups excluding carboxylic acids is 1. The molecule has 0 saturated carbocycles. The lowest BCUT2D eigenvalue weighted by Crippen LogP contribution is -2.36. The number of benzene rings is 2. The molecule has 1 aromatic heterocycles. The van der Waals surface area contributed by atoms with Crippen LogP contribution in [0, 0.1) is 5.82 Å². The first-order chi connectivity index (χ1) is 17.1. The summed E-state index contributed by atoms with van der Waals surface area (Å²) in [5.41, 5.74) is 3.35. The fourth-order valence-electron chi connectivity index (χ4n) is 5.05. The summed E-state index contributed by atoms with van der Waals surface area (Å²) in [5.74, 6) is 0.520. The number of hydrogen-bond donors (Lipinski definition) is 1. The maximum atomic E-state index is 13.6. The van der Waals surface area contributed by atoms with Crippen LogP contribution in [0.1, 0.15) is 62.0 Å². The van der Waals surface area contributed by atoms with Crippen LogP contribution >= 0.6 is 11.8 Å². The highest BCUT2D eigenvalue weighted by molar-refractivity contribution is 8.00. The maximum Gasteiger partial charge on any atom is 0.233 e. The van der Waals surface area contributed by atoms with Crippen LogP contribution in [0.3, 0.4) is 0 Å². The van der Waals surface area contributed by atoms with Gasteiger partial charge < -0.3 is 5.32 Å².